The SMILES string of the molecule is C[C@@H]1CCc2c(sc3nc(CN4CCOCC4)nc(Oc4ccccc4C#N)c23)C1. The number of rotatable bonds is 4. The summed E-state index contributed by atoms with van der Waals surface area (Å²) in [4.78, 5) is 14.5. The van der Waals surface area contributed by atoms with Crippen LogP contribution in [0.15, 0.2) is 24.3 Å². The van der Waals surface area contributed by atoms with Gasteiger partial charge in [0.05, 0.1) is 30.7 Å². The first-order valence-corrected chi connectivity index (χ1v) is 11.3. The second-order valence-corrected chi connectivity index (χ2v) is 9.16. The van der Waals surface area contributed by atoms with Crippen LogP contribution in [0.3, 0.4) is 0 Å². The third-order valence-electron chi connectivity index (χ3n) is 5.85. The van der Waals surface area contributed by atoms with E-state index in [4.69, 9.17) is 19.4 Å². The van der Waals surface area contributed by atoms with Crippen molar-refractivity contribution in [3.63, 3.8) is 0 Å². The number of aryl methyl sites for hydroxylation is 1. The van der Waals surface area contributed by atoms with Crippen LogP contribution in [0.5, 0.6) is 11.6 Å². The lowest BCUT2D eigenvalue weighted by atomic mass is 9.89. The van der Waals surface area contributed by atoms with Gasteiger partial charge in [0, 0.05) is 18.0 Å². The Labute approximate surface area is 180 Å². The lowest BCUT2D eigenvalue weighted by Gasteiger charge is -2.25. The molecule has 6 nitrogen and oxygen atoms in total. The average molecular weight is 421 g/mol. The Morgan fingerprint density at radius 2 is 2.10 bits per heavy atom. The average Bonchev–Trinajstić information content (AvgIpc) is 3.12. The molecule has 1 fully saturated rings. The van der Waals surface area contributed by atoms with Crippen LogP contribution in [0.1, 0.15) is 35.2 Å². The second kappa shape index (κ2) is 8.31. The van der Waals surface area contributed by atoms with Gasteiger partial charge in [-0.25, -0.2) is 4.98 Å². The van der Waals surface area contributed by atoms with E-state index in [0.717, 1.165) is 55.2 Å². The number of hydrogen-bond acceptors (Lipinski definition) is 7. The van der Waals surface area contributed by atoms with Crippen molar-refractivity contribution in [1.82, 2.24) is 14.9 Å². The lowest BCUT2D eigenvalue weighted by Crippen LogP contribution is -2.36. The molecule has 1 aliphatic heterocycles. The van der Waals surface area contributed by atoms with Crippen LogP contribution in [-0.4, -0.2) is 41.2 Å². The minimum absolute atomic E-state index is 0.511. The van der Waals surface area contributed by atoms with Gasteiger partial charge in [-0.15, -0.1) is 11.3 Å². The van der Waals surface area contributed by atoms with Gasteiger partial charge in [-0.05, 0) is 42.9 Å². The topological polar surface area (TPSA) is 71.3 Å². The first-order chi connectivity index (χ1) is 14.7. The van der Waals surface area contributed by atoms with Crippen LogP contribution in [0.2, 0.25) is 0 Å². The number of para-hydroxylation sites is 1. The Morgan fingerprint density at radius 1 is 1.27 bits per heavy atom. The summed E-state index contributed by atoms with van der Waals surface area (Å²) >= 11 is 1.78. The van der Waals surface area contributed by atoms with Gasteiger partial charge in [0.2, 0.25) is 5.88 Å². The number of nitriles is 1. The smallest absolute Gasteiger partial charge is 0.231 e. The molecule has 1 aliphatic carbocycles. The van der Waals surface area contributed by atoms with Crippen molar-refractivity contribution < 1.29 is 9.47 Å². The number of benzene rings is 1. The van der Waals surface area contributed by atoms with E-state index in [9.17, 15) is 5.26 Å². The molecule has 0 saturated carbocycles. The van der Waals surface area contributed by atoms with Gasteiger partial charge in [0.1, 0.15) is 22.5 Å². The van der Waals surface area contributed by atoms with E-state index in [1.165, 1.54) is 16.9 Å². The van der Waals surface area contributed by atoms with Crippen molar-refractivity contribution in [3.8, 4) is 17.7 Å². The summed E-state index contributed by atoms with van der Waals surface area (Å²) in [5, 5.41) is 10.5. The molecule has 0 unspecified atom stereocenters. The van der Waals surface area contributed by atoms with E-state index in [-0.39, 0.29) is 0 Å². The van der Waals surface area contributed by atoms with Crippen molar-refractivity contribution in [3.05, 3.63) is 46.1 Å². The van der Waals surface area contributed by atoms with E-state index in [1.807, 2.05) is 18.2 Å². The molecule has 0 N–H and O–H groups in total. The molecule has 0 bridgehead atoms. The van der Waals surface area contributed by atoms with Gasteiger partial charge in [-0.1, -0.05) is 19.1 Å². The summed E-state index contributed by atoms with van der Waals surface area (Å²) in [5.74, 6) is 2.58. The highest BCUT2D eigenvalue weighted by molar-refractivity contribution is 7.18. The van der Waals surface area contributed by atoms with E-state index >= 15 is 0 Å². The highest BCUT2D eigenvalue weighted by Crippen LogP contribution is 2.42. The number of aromatic nitrogens is 2. The number of morpholine rings is 1. The molecule has 3 aromatic rings. The first-order valence-electron chi connectivity index (χ1n) is 10.5. The number of thiophene rings is 1. The Hall–Kier alpha value is -2.53. The quantitative estimate of drug-likeness (QED) is 0.626. The van der Waals surface area contributed by atoms with Gasteiger partial charge in [0.25, 0.3) is 0 Å². The van der Waals surface area contributed by atoms with Crippen LogP contribution in [0.4, 0.5) is 0 Å². The molecule has 5 rings (SSSR count). The Morgan fingerprint density at radius 3 is 2.93 bits per heavy atom. The zero-order valence-corrected chi connectivity index (χ0v) is 17.9. The van der Waals surface area contributed by atoms with Crippen LogP contribution < -0.4 is 4.74 Å². The maximum Gasteiger partial charge on any atom is 0.231 e. The molecule has 3 heterocycles. The van der Waals surface area contributed by atoms with Gasteiger partial charge in [-0.2, -0.15) is 10.2 Å². The van der Waals surface area contributed by atoms with Crippen molar-refractivity contribution in [2.45, 2.75) is 32.7 Å². The van der Waals surface area contributed by atoms with E-state index in [2.05, 4.69) is 17.9 Å². The molecule has 2 aliphatic rings. The summed E-state index contributed by atoms with van der Waals surface area (Å²) < 4.78 is 11.7. The number of nitrogens with zero attached hydrogens (tertiary/aromatic N) is 4. The molecule has 1 saturated heterocycles. The number of ether oxygens (including phenoxy) is 2. The highest BCUT2D eigenvalue weighted by atomic mass is 32.1. The molecule has 0 radical (unpaired) electrons. The number of hydrogen-bond donors (Lipinski definition) is 0. The summed E-state index contributed by atoms with van der Waals surface area (Å²) in [7, 11) is 0. The van der Waals surface area contributed by atoms with Crippen molar-refractivity contribution >= 4 is 21.6 Å². The molecule has 0 spiro atoms. The molecule has 7 heteroatoms. The summed E-state index contributed by atoms with van der Waals surface area (Å²) in [5.41, 5.74) is 1.84. The first kappa shape index (κ1) is 19.4. The summed E-state index contributed by atoms with van der Waals surface area (Å²) in [6, 6.07) is 9.55. The fourth-order valence-corrected chi connectivity index (χ4v) is 5.60. The van der Waals surface area contributed by atoms with E-state index < -0.39 is 0 Å². The zero-order valence-electron chi connectivity index (χ0n) is 17.1. The molecular formula is C23H24N4O2S. The predicted octanol–water partition coefficient (Wildman–Crippen LogP) is 4.31. The normalized spacial score (nSPS) is 19.4. The van der Waals surface area contributed by atoms with Gasteiger partial charge >= 0.3 is 0 Å². The molecular weight excluding hydrogens is 396 g/mol. The Bertz CT molecular complexity index is 1110. The molecule has 1 aromatic carbocycles. The Kier molecular flexibility index (Phi) is 5.38. The molecule has 30 heavy (non-hydrogen) atoms. The highest BCUT2D eigenvalue weighted by Gasteiger charge is 2.26. The minimum atomic E-state index is 0.511. The molecule has 1 atom stereocenters. The van der Waals surface area contributed by atoms with E-state index in [0.29, 0.717) is 29.7 Å². The van der Waals surface area contributed by atoms with Crippen molar-refractivity contribution in [2.75, 3.05) is 26.3 Å². The summed E-state index contributed by atoms with van der Waals surface area (Å²) in [6.45, 7) is 6.23. The van der Waals surface area contributed by atoms with E-state index in [1.54, 1.807) is 17.4 Å². The van der Waals surface area contributed by atoms with Gasteiger partial charge < -0.3 is 9.47 Å². The van der Waals surface area contributed by atoms with Crippen LogP contribution in [0.25, 0.3) is 10.2 Å². The maximum atomic E-state index is 9.48. The molecule has 2 aromatic heterocycles. The molecule has 0 amide bonds. The zero-order chi connectivity index (χ0) is 20.5. The van der Waals surface area contributed by atoms with Crippen molar-refractivity contribution in [1.29, 1.82) is 5.26 Å². The monoisotopic (exact) mass is 420 g/mol. The van der Waals surface area contributed by atoms with Crippen LogP contribution in [0, 0.1) is 17.2 Å². The third kappa shape index (κ3) is 3.79. The Balaban J connectivity index is 1.59. The van der Waals surface area contributed by atoms with Crippen molar-refractivity contribution in [2.24, 2.45) is 5.92 Å². The van der Waals surface area contributed by atoms with Gasteiger partial charge in [0.15, 0.2) is 0 Å². The van der Waals surface area contributed by atoms with Crippen LogP contribution >= 0.6 is 11.3 Å². The fourth-order valence-electron chi connectivity index (χ4n) is 4.21. The molecule has 154 valence electrons. The lowest BCUT2D eigenvalue weighted by molar-refractivity contribution is 0.0330. The largest absolute Gasteiger partial charge is 0.437 e. The maximum absolute atomic E-state index is 9.48. The van der Waals surface area contributed by atoms with Crippen LogP contribution in [-0.2, 0) is 24.1 Å². The second-order valence-electron chi connectivity index (χ2n) is 8.08. The minimum Gasteiger partial charge on any atom is -0.437 e. The van der Waals surface area contributed by atoms with Gasteiger partial charge in [-0.3, -0.25) is 4.90 Å². The number of fused-ring (bicyclic) bond motifs is 3. The summed E-state index contributed by atoms with van der Waals surface area (Å²) in [6.07, 6.45) is 3.28. The standard InChI is InChI=1S/C23H24N4O2S/c1-15-6-7-17-19(12-15)30-23-21(17)22(29-18-5-3-2-4-16(18)13-24)25-20(26-23)14-27-8-10-28-11-9-27/h2-5,15H,6-12,14H2,1H3/t15-/m1/s1. The third-order valence-corrected chi connectivity index (χ3v) is 7.00. The fraction of sp³-hybridized carbons (Fsp3) is 0.435. The predicted molar refractivity (Wildman–Crippen MR) is 116 cm³/mol.